The van der Waals surface area contributed by atoms with Crippen LogP contribution in [0.4, 0.5) is 11.6 Å². The summed E-state index contributed by atoms with van der Waals surface area (Å²) in [6.07, 6.45) is 3.44. The van der Waals surface area contributed by atoms with Crippen molar-refractivity contribution in [3.8, 4) is 5.75 Å². The van der Waals surface area contributed by atoms with Gasteiger partial charge in [-0.1, -0.05) is 30.3 Å². The number of carbonyl (C=O) groups excluding carboxylic acids is 1. The van der Waals surface area contributed by atoms with Gasteiger partial charge in [0.2, 0.25) is 17.9 Å². The second-order valence-corrected chi connectivity index (χ2v) is 6.96. The quantitative estimate of drug-likeness (QED) is 0.641. The number of para-hydroxylation sites is 1. The first-order valence-electron chi connectivity index (χ1n) is 9.63. The first-order chi connectivity index (χ1) is 15.1. The number of fused-ring (bicyclic) bond motifs is 1. The summed E-state index contributed by atoms with van der Waals surface area (Å²) < 4.78 is 5.19. The predicted molar refractivity (Wildman–Crippen MR) is 118 cm³/mol. The number of ether oxygens (including phenoxy) is 1. The largest absolute Gasteiger partial charge is 0.497 e. The summed E-state index contributed by atoms with van der Waals surface area (Å²) in [5.74, 6) is 1.77. The van der Waals surface area contributed by atoms with E-state index >= 15 is 0 Å². The van der Waals surface area contributed by atoms with Crippen LogP contribution in [0.5, 0.6) is 5.75 Å². The second-order valence-electron chi connectivity index (χ2n) is 6.96. The molecule has 0 atom stereocenters. The number of methoxy groups -OCH3 is 1. The summed E-state index contributed by atoms with van der Waals surface area (Å²) in [6, 6.07) is 17.0. The molecule has 2 aliphatic rings. The number of nitrogens with zero attached hydrogens (tertiary/aromatic N) is 5. The van der Waals surface area contributed by atoms with Gasteiger partial charge in [0, 0.05) is 11.9 Å². The van der Waals surface area contributed by atoms with Crippen molar-refractivity contribution in [2.24, 2.45) is 9.98 Å². The number of benzene rings is 2. The minimum atomic E-state index is -0.271. The number of H-pyrrole nitrogens is 1. The molecule has 154 valence electrons. The average Bonchev–Trinajstić information content (AvgIpc) is 3.45. The lowest BCUT2D eigenvalue weighted by molar-refractivity contribution is -0.123. The van der Waals surface area contributed by atoms with Crippen molar-refractivity contribution in [3.63, 3.8) is 0 Å². The number of anilines is 1. The van der Waals surface area contributed by atoms with Gasteiger partial charge in [0.15, 0.2) is 0 Å². The van der Waals surface area contributed by atoms with E-state index in [1.165, 1.54) is 5.01 Å². The van der Waals surface area contributed by atoms with E-state index in [4.69, 9.17) is 4.74 Å². The molecule has 3 aromatic rings. The van der Waals surface area contributed by atoms with Crippen LogP contribution < -0.4 is 15.1 Å². The second kappa shape index (κ2) is 7.45. The van der Waals surface area contributed by atoms with Crippen molar-refractivity contribution in [2.45, 2.75) is 6.92 Å². The van der Waals surface area contributed by atoms with E-state index in [1.807, 2.05) is 61.5 Å². The predicted octanol–water partition coefficient (Wildman–Crippen LogP) is 2.98. The van der Waals surface area contributed by atoms with Gasteiger partial charge in [0.05, 0.1) is 12.8 Å². The highest BCUT2D eigenvalue weighted by Gasteiger charge is 2.43. The van der Waals surface area contributed by atoms with E-state index in [2.05, 4.69) is 25.4 Å². The lowest BCUT2D eigenvalue weighted by atomic mass is 10.2. The van der Waals surface area contributed by atoms with Crippen LogP contribution in [0.25, 0.3) is 6.08 Å². The highest BCUT2D eigenvalue weighted by Crippen LogP contribution is 2.28. The minimum absolute atomic E-state index is 0.271. The third kappa shape index (κ3) is 3.42. The van der Waals surface area contributed by atoms with Crippen molar-refractivity contribution in [2.75, 3.05) is 12.0 Å². The number of aliphatic imine (C=N–C) groups is 2. The van der Waals surface area contributed by atoms with Gasteiger partial charge in [0.1, 0.15) is 11.4 Å². The zero-order valence-electron chi connectivity index (χ0n) is 16.9. The fourth-order valence-corrected chi connectivity index (χ4v) is 3.30. The van der Waals surface area contributed by atoms with Crippen molar-refractivity contribution < 1.29 is 9.53 Å². The molecule has 31 heavy (non-hydrogen) atoms. The molecule has 0 saturated carbocycles. The fourth-order valence-electron chi connectivity index (χ4n) is 3.30. The van der Waals surface area contributed by atoms with Crippen LogP contribution in [-0.4, -0.2) is 39.9 Å². The van der Waals surface area contributed by atoms with Crippen molar-refractivity contribution in [1.82, 2.24) is 20.4 Å². The number of nitrogens with one attached hydrogen (secondary N) is 2. The SMILES string of the molecule is COc1ccc(/C=C2\N=C3N(N/C(=N\c4ncc(C)[nH]4)N3c3ccccc3)C2=O)cc1. The molecule has 0 unspecified atom stereocenters. The minimum Gasteiger partial charge on any atom is -0.497 e. The number of aromatic nitrogens is 2. The molecule has 1 fully saturated rings. The van der Waals surface area contributed by atoms with Gasteiger partial charge in [-0.15, -0.1) is 0 Å². The number of amides is 1. The monoisotopic (exact) mass is 413 g/mol. The van der Waals surface area contributed by atoms with Crippen LogP contribution >= 0.6 is 0 Å². The molecule has 0 bridgehead atoms. The molecular formula is C22H19N7O2. The number of carbonyl (C=O) groups is 1. The van der Waals surface area contributed by atoms with E-state index in [-0.39, 0.29) is 5.91 Å². The molecule has 1 saturated heterocycles. The van der Waals surface area contributed by atoms with Gasteiger partial charge >= 0.3 is 0 Å². The summed E-state index contributed by atoms with van der Waals surface area (Å²) in [5.41, 5.74) is 5.93. The van der Waals surface area contributed by atoms with Gasteiger partial charge in [-0.25, -0.2) is 14.9 Å². The molecule has 2 N–H and O–H groups in total. The molecule has 0 aliphatic carbocycles. The Kier molecular flexibility index (Phi) is 4.47. The summed E-state index contributed by atoms with van der Waals surface area (Å²) in [6.45, 7) is 1.90. The zero-order valence-corrected chi connectivity index (χ0v) is 16.9. The lowest BCUT2D eigenvalue weighted by Crippen LogP contribution is -2.38. The van der Waals surface area contributed by atoms with Gasteiger partial charge in [-0.2, -0.15) is 10.0 Å². The van der Waals surface area contributed by atoms with Crippen LogP contribution in [-0.2, 0) is 4.79 Å². The van der Waals surface area contributed by atoms with Crippen LogP contribution in [0.1, 0.15) is 11.3 Å². The highest BCUT2D eigenvalue weighted by atomic mass is 16.5. The van der Waals surface area contributed by atoms with E-state index in [9.17, 15) is 4.79 Å². The summed E-state index contributed by atoms with van der Waals surface area (Å²) >= 11 is 0. The number of imidazole rings is 1. The van der Waals surface area contributed by atoms with Gasteiger partial charge in [0.25, 0.3) is 5.91 Å². The number of hydrogen-bond acceptors (Lipinski definition) is 5. The van der Waals surface area contributed by atoms with Crippen molar-refractivity contribution in [3.05, 3.63) is 77.7 Å². The summed E-state index contributed by atoms with van der Waals surface area (Å²) in [4.78, 5) is 31.3. The van der Waals surface area contributed by atoms with Crippen LogP contribution in [0.15, 0.2) is 76.5 Å². The van der Waals surface area contributed by atoms with Crippen LogP contribution in [0.2, 0.25) is 0 Å². The molecule has 5 rings (SSSR count). The molecule has 0 radical (unpaired) electrons. The molecule has 9 nitrogen and oxygen atoms in total. The molecule has 1 amide bonds. The maximum Gasteiger partial charge on any atom is 0.298 e. The Bertz CT molecular complexity index is 1230. The third-order valence-corrected chi connectivity index (χ3v) is 4.80. The lowest BCUT2D eigenvalue weighted by Gasteiger charge is -2.15. The molecular weight excluding hydrogens is 394 g/mol. The van der Waals surface area contributed by atoms with Crippen molar-refractivity contribution >= 4 is 35.5 Å². The first-order valence-corrected chi connectivity index (χ1v) is 9.63. The number of aryl methyl sites for hydroxylation is 1. The number of guanidine groups is 2. The Labute approximate surface area is 178 Å². The van der Waals surface area contributed by atoms with E-state index in [1.54, 1.807) is 24.3 Å². The Morgan fingerprint density at radius 1 is 1.10 bits per heavy atom. The third-order valence-electron chi connectivity index (χ3n) is 4.80. The number of aromatic amines is 1. The van der Waals surface area contributed by atoms with Gasteiger partial charge < -0.3 is 9.72 Å². The Balaban J connectivity index is 1.55. The molecule has 2 aromatic carbocycles. The molecule has 0 spiro atoms. The Morgan fingerprint density at radius 3 is 2.55 bits per heavy atom. The molecule has 3 heterocycles. The van der Waals surface area contributed by atoms with E-state index in [0.29, 0.717) is 23.6 Å². The first kappa shape index (κ1) is 18.6. The highest BCUT2D eigenvalue weighted by molar-refractivity contribution is 6.30. The van der Waals surface area contributed by atoms with Crippen LogP contribution in [0.3, 0.4) is 0 Å². The smallest absolute Gasteiger partial charge is 0.298 e. The van der Waals surface area contributed by atoms with Gasteiger partial charge in [-0.3, -0.25) is 10.2 Å². The molecule has 2 aliphatic heterocycles. The van der Waals surface area contributed by atoms with Crippen LogP contribution in [0, 0.1) is 6.92 Å². The summed E-state index contributed by atoms with van der Waals surface area (Å²) in [7, 11) is 1.61. The maximum absolute atomic E-state index is 13.0. The molecule has 1 aromatic heterocycles. The topological polar surface area (TPSA) is 98.2 Å². The number of rotatable bonds is 4. The molecule has 9 heteroatoms. The van der Waals surface area contributed by atoms with E-state index in [0.717, 1.165) is 22.7 Å². The van der Waals surface area contributed by atoms with Crippen molar-refractivity contribution in [1.29, 1.82) is 0 Å². The van der Waals surface area contributed by atoms with Gasteiger partial charge in [-0.05, 0) is 42.8 Å². The normalized spacial score (nSPS) is 17.9. The standard InChI is InChI=1S/C22H19N7O2/c1-14-13-23-20(24-14)26-21-27-29-19(30)18(12-15-8-10-17(31-2)11-9-15)25-22(29)28(21)16-6-4-3-5-7-16/h3-13H,1-2H3,(H2,23,24,26,27)/b18-12-. The maximum atomic E-state index is 13.0. The fraction of sp³-hybridized carbons (Fsp3) is 0.0909. The number of hydrazine groups is 1. The average molecular weight is 413 g/mol. The Morgan fingerprint density at radius 2 is 1.87 bits per heavy atom. The zero-order chi connectivity index (χ0) is 21.4. The Hall–Kier alpha value is -4.40. The number of hydrogen-bond donors (Lipinski definition) is 2. The van der Waals surface area contributed by atoms with E-state index < -0.39 is 0 Å². The summed E-state index contributed by atoms with van der Waals surface area (Å²) in [5, 5.41) is 1.39.